The van der Waals surface area contributed by atoms with Gasteiger partial charge in [0.05, 0.1) is 30.3 Å². The quantitative estimate of drug-likeness (QED) is 0.191. The van der Waals surface area contributed by atoms with Gasteiger partial charge >= 0.3 is 5.97 Å². The number of fused-ring (bicyclic) bond motifs is 1. The molecule has 0 bridgehead atoms. The number of nitrogens with two attached hydrogens (primary N) is 1. The third kappa shape index (κ3) is 5.43. The summed E-state index contributed by atoms with van der Waals surface area (Å²) in [6, 6.07) is 0. The SMILES string of the molecule is CCCCOC(=O)C1([C@H](O)/C=C/C(C)[C@H]2CC[C@@]3(N)/C(=C/C=C4CC(O)C(C)[C@H](O)C4)CCCC23C)CC1. The molecule has 0 aromatic carbocycles. The van der Waals surface area contributed by atoms with E-state index in [-0.39, 0.29) is 28.8 Å². The first kappa shape index (κ1) is 29.5. The van der Waals surface area contributed by atoms with Crippen LogP contribution in [0.5, 0.6) is 0 Å². The van der Waals surface area contributed by atoms with E-state index in [1.54, 1.807) is 0 Å². The lowest BCUT2D eigenvalue weighted by Gasteiger charge is -2.50. The van der Waals surface area contributed by atoms with Crippen molar-refractivity contribution in [2.45, 2.75) is 122 Å². The number of allylic oxidation sites excluding steroid dienone is 3. The van der Waals surface area contributed by atoms with Crippen LogP contribution in [-0.2, 0) is 9.53 Å². The highest BCUT2D eigenvalue weighted by Crippen LogP contribution is 2.61. The Hall–Kier alpha value is -1.47. The van der Waals surface area contributed by atoms with E-state index in [1.165, 1.54) is 5.57 Å². The third-order valence-electron chi connectivity index (χ3n) is 10.8. The molecule has 0 radical (unpaired) electrons. The van der Waals surface area contributed by atoms with E-state index in [2.05, 4.69) is 39.0 Å². The molecule has 0 aromatic rings. The van der Waals surface area contributed by atoms with Crippen molar-refractivity contribution in [3.05, 3.63) is 35.5 Å². The highest BCUT2D eigenvalue weighted by molar-refractivity contribution is 5.81. The Balaban J connectivity index is 1.44. The zero-order valence-corrected chi connectivity index (χ0v) is 24.0. The lowest BCUT2D eigenvalue weighted by atomic mass is 9.57. The molecular weight excluding hydrogens is 478 g/mol. The fourth-order valence-corrected chi connectivity index (χ4v) is 7.61. The second-order valence-corrected chi connectivity index (χ2v) is 13.1. The van der Waals surface area contributed by atoms with Gasteiger partial charge in [-0.1, -0.05) is 64.0 Å². The van der Waals surface area contributed by atoms with Crippen LogP contribution in [-0.4, -0.2) is 51.7 Å². The number of aliphatic hydroxyl groups is 3. The Morgan fingerprint density at radius 2 is 1.82 bits per heavy atom. The van der Waals surface area contributed by atoms with Crippen LogP contribution in [0, 0.1) is 28.6 Å². The Bertz CT molecular complexity index is 937. The van der Waals surface area contributed by atoms with Crippen LogP contribution in [0.3, 0.4) is 0 Å². The summed E-state index contributed by atoms with van der Waals surface area (Å²) in [4.78, 5) is 12.6. The molecule has 5 N–H and O–H groups in total. The molecule has 8 atom stereocenters. The average molecular weight is 530 g/mol. The fraction of sp³-hybridized carbons (Fsp3) is 0.781. The maximum atomic E-state index is 12.6. The largest absolute Gasteiger partial charge is 0.465 e. The van der Waals surface area contributed by atoms with Gasteiger partial charge in [0.25, 0.3) is 0 Å². The van der Waals surface area contributed by atoms with E-state index in [0.717, 1.165) is 50.5 Å². The zero-order valence-electron chi connectivity index (χ0n) is 24.0. The highest BCUT2D eigenvalue weighted by atomic mass is 16.5. The van der Waals surface area contributed by atoms with Gasteiger partial charge in [0.2, 0.25) is 0 Å². The summed E-state index contributed by atoms with van der Waals surface area (Å²) in [5.74, 6) is 0.268. The van der Waals surface area contributed by atoms with Crippen molar-refractivity contribution >= 4 is 5.97 Å². The van der Waals surface area contributed by atoms with E-state index in [0.29, 0.717) is 38.2 Å². The van der Waals surface area contributed by atoms with Crippen molar-refractivity contribution in [1.82, 2.24) is 0 Å². The van der Waals surface area contributed by atoms with Gasteiger partial charge in [-0.2, -0.15) is 0 Å². The predicted molar refractivity (Wildman–Crippen MR) is 150 cm³/mol. The summed E-state index contributed by atoms with van der Waals surface area (Å²) in [5, 5.41) is 31.6. The van der Waals surface area contributed by atoms with Gasteiger partial charge in [0, 0.05) is 11.5 Å². The summed E-state index contributed by atoms with van der Waals surface area (Å²) in [6.07, 6.45) is 15.9. The first-order valence-corrected chi connectivity index (χ1v) is 15.1. The molecule has 4 aliphatic rings. The number of unbranched alkanes of at least 4 members (excludes halogenated alkanes) is 1. The Kier molecular flexibility index (Phi) is 8.98. The number of carbonyl (C=O) groups is 1. The molecule has 4 rings (SSSR count). The average Bonchev–Trinajstić information content (AvgIpc) is 3.64. The van der Waals surface area contributed by atoms with Crippen LogP contribution in [0.4, 0.5) is 0 Å². The molecule has 0 amide bonds. The molecule has 4 fully saturated rings. The fourth-order valence-electron chi connectivity index (χ4n) is 7.61. The molecular formula is C32H51NO5. The van der Waals surface area contributed by atoms with Gasteiger partial charge in [0.15, 0.2) is 0 Å². The van der Waals surface area contributed by atoms with Crippen LogP contribution in [0.15, 0.2) is 35.5 Å². The summed E-state index contributed by atoms with van der Waals surface area (Å²) < 4.78 is 5.44. The van der Waals surface area contributed by atoms with E-state index < -0.39 is 23.7 Å². The van der Waals surface area contributed by atoms with Crippen LogP contribution in [0.1, 0.15) is 98.3 Å². The van der Waals surface area contributed by atoms with Crippen molar-refractivity contribution in [3.8, 4) is 0 Å². The molecule has 0 aliphatic heterocycles. The number of ether oxygens (including phenoxy) is 1. The van der Waals surface area contributed by atoms with Crippen LogP contribution in [0.2, 0.25) is 0 Å². The van der Waals surface area contributed by atoms with Crippen LogP contribution >= 0.6 is 0 Å². The maximum Gasteiger partial charge on any atom is 0.315 e. The van der Waals surface area contributed by atoms with Gasteiger partial charge in [0.1, 0.15) is 0 Å². The highest BCUT2D eigenvalue weighted by Gasteiger charge is 2.59. The standard InChI is InChI=1S/C32H51NO5/c1-5-6-18-38-29(37)31(16-17-31)28(36)12-9-21(2)25-13-15-32(33)24(8-7-14-30(25,32)4)11-10-23-19-26(34)22(3)27(35)20-23/h9-12,21-22,25-28,34-36H,5-8,13-20,33H2,1-4H3/b12-9+,23-10?,24-11+/t21?,22?,25-,26-,27?,28-,30?,32-/m1/s1. The molecule has 6 heteroatoms. The number of carbonyl (C=O) groups excluding carboxylic acids is 1. The lowest BCUT2D eigenvalue weighted by molar-refractivity contribution is -0.153. The molecule has 0 saturated heterocycles. The summed E-state index contributed by atoms with van der Waals surface area (Å²) in [5.41, 5.74) is 8.45. The normalized spacial score (nSPS) is 40.3. The summed E-state index contributed by atoms with van der Waals surface area (Å²) in [6.45, 7) is 8.96. The Morgan fingerprint density at radius 3 is 2.45 bits per heavy atom. The number of aliphatic hydroxyl groups excluding tert-OH is 3. The molecule has 0 aromatic heterocycles. The van der Waals surface area contributed by atoms with Crippen molar-refractivity contribution in [2.75, 3.05) is 6.61 Å². The van der Waals surface area contributed by atoms with Crippen molar-refractivity contribution in [3.63, 3.8) is 0 Å². The van der Waals surface area contributed by atoms with Gasteiger partial charge in [-0.05, 0) is 87.0 Å². The van der Waals surface area contributed by atoms with Crippen LogP contribution in [0.25, 0.3) is 0 Å². The van der Waals surface area contributed by atoms with Gasteiger partial charge in [-0.3, -0.25) is 4.79 Å². The van der Waals surface area contributed by atoms with Gasteiger partial charge in [-0.15, -0.1) is 0 Å². The summed E-state index contributed by atoms with van der Waals surface area (Å²) >= 11 is 0. The van der Waals surface area contributed by atoms with E-state index in [4.69, 9.17) is 10.5 Å². The maximum absolute atomic E-state index is 12.6. The monoisotopic (exact) mass is 529 g/mol. The number of hydrogen-bond acceptors (Lipinski definition) is 6. The molecule has 4 aliphatic carbocycles. The molecule has 6 nitrogen and oxygen atoms in total. The second kappa shape index (κ2) is 11.6. The minimum absolute atomic E-state index is 0.0548. The lowest BCUT2D eigenvalue weighted by Crippen LogP contribution is -2.56. The van der Waals surface area contributed by atoms with E-state index >= 15 is 0 Å². The van der Waals surface area contributed by atoms with Gasteiger partial charge in [-0.25, -0.2) is 0 Å². The minimum atomic E-state index is -0.812. The first-order chi connectivity index (χ1) is 18.0. The minimum Gasteiger partial charge on any atom is -0.465 e. The number of hydrogen-bond donors (Lipinski definition) is 4. The second-order valence-electron chi connectivity index (χ2n) is 13.1. The zero-order chi connectivity index (χ0) is 27.7. The topological polar surface area (TPSA) is 113 Å². The Labute approximate surface area is 229 Å². The molecule has 4 saturated carbocycles. The molecule has 38 heavy (non-hydrogen) atoms. The molecule has 214 valence electrons. The van der Waals surface area contributed by atoms with Crippen molar-refractivity contribution < 1.29 is 24.9 Å². The number of esters is 1. The van der Waals surface area contributed by atoms with Gasteiger partial charge < -0.3 is 25.8 Å². The molecule has 0 heterocycles. The van der Waals surface area contributed by atoms with E-state index in [9.17, 15) is 20.1 Å². The predicted octanol–water partition coefficient (Wildman–Crippen LogP) is 4.97. The smallest absolute Gasteiger partial charge is 0.315 e. The molecule has 4 unspecified atom stereocenters. The van der Waals surface area contributed by atoms with Crippen molar-refractivity contribution in [1.29, 1.82) is 0 Å². The first-order valence-electron chi connectivity index (χ1n) is 15.1. The van der Waals surface area contributed by atoms with Crippen LogP contribution < -0.4 is 5.73 Å². The summed E-state index contributed by atoms with van der Waals surface area (Å²) in [7, 11) is 0. The van der Waals surface area contributed by atoms with E-state index in [1.807, 2.05) is 13.0 Å². The molecule has 0 spiro atoms. The van der Waals surface area contributed by atoms with Crippen molar-refractivity contribution in [2.24, 2.45) is 34.3 Å². The third-order valence-corrected chi connectivity index (χ3v) is 10.8. The Morgan fingerprint density at radius 1 is 1.13 bits per heavy atom. The number of rotatable bonds is 9.